The standard InChI is InChI=1S/C24H28N4OS/c1-16(2)27-14-12-18(15-27)23-22(21-7-5-6-13-25-21)26-24(30)28(23)19-8-10-20(11-9-19)29-17(3)4/h5-17,22-23H,1-4H3,(H,26,30)/t22-,23-/m0/s1. The SMILES string of the molecule is CC(C)Oc1ccc(N2C(=S)N[C@@H](c3ccccn3)[C@@H]2c2ccn(C(C)C)c2)cc1. The van der Waals surface area contributed by atoms with Gasteiger partial charge in [-0.1, -0.05) is 6.07 Å². The molecule has 3 heterocycles. The highest BCUT2D eigenvalue weighted by Gasteiger charge is 2.41. The third kappa shape index (κ3) is 4.05. The van der Waals surface area contributed by atoms with Crippen LogP contribution < -0.4 is 15.0 Å². The number of ether oxygens (including phenoxy) is 1. The number of rotatable bonds is 6. The molecule has 1 N–H and O–H groups in total. The molecule has 1 aromatic carbocycles. The van der Waals surface area contributed by atoms with E-state index >= 15 is 0 Å². The van der Waals surface area contributed by atoms with Crippen LogP contribution in [0.1, 0.15) is 57.1 Å². The lowest BCUT2D eigenvalue weighted by Crippen LogP contribution is -2.29. The summed E-state index contributed by atoms with van der Waals surface area (Å²) in [6.45, 7) is 8.42. The fourth-order valence-corrected chi connectivity index (χ4v) is 4.20. The predicted molar refractivity (Wildman–Crippen MR) is 125 cm³/mol. The van der Waals surface area contributed by atoms with Gasteiger partial charge >= 0.3 is 0 Å². The molecule has 4 rings (SSSR count). The van der Waals surface area contributed by atoms with Gasteiger partial charge < -0.3 is 19.5 Å². The van der Waals surface area contributed by atoms with Gasteiger partial charge in [0.05, 0.1) is 23.9 Å². The molecule has 2 aromatic heterocycles. The maximum absolute atomic E-state index is 5.81. The molecule has 1 saturated heterocycles. The molecule has 0 radical (unpaired) electrons. The number of hydrogen-bond donors (Lipinski definition) is 1. The van der Waals surface area contributed by atoms with Crippen LogP contribution in [0.4, 0.5) is 5.69 Å². The van der Waals surface area contributed by atoms with Gasteiger partial charge in [-0.15, -0.1) is 0 Å². The van der Waals surface area contributed by atoms with E-state index in [0.717, 1.165) is 17.1 Å². The van der Waals surface area contributed by atoms with Gasteiger partial charge in [-0.3, -0.25) is 4.98 Å². The van der Waals surface area contributed by atoms with Crippen LogP contribution in [0.2, 0.25) is 0 Å². The van der Waals surface area contributed by atoms with Crippen LogP contribution >= 0.6 is 12.2 Å². The summed E-state index contributed by atoms with van der Waals surface area (Å²) in [5.74, 6) is 0.857. The highest BCUT2D eigenvalue weighted by atomic mass is 32.1. The molecular weight excluding hydrogens is 392 g/mol. The maximum atomic E-state index is 5.81. The molecule has 0 unspecified atom stereocenters. The Kier molecular flexibility index (Phi) is 5.77. The number of nitrogens with one attached hydrogen (secondary N) is 1. The molecule has 2 atom stereocenters. The van der Waals surface area contributed by atoms with Crippen molar-refractivity contribution in [1.29, 1.82) is 0 Å². The summed E-state index contributed by atoms with van der Waals surface area (Å²) in [5.41, 5.74) is 3.21. The smallest absolute Gasteiger partial charge is 0.174 e. The van der Waals surface area contributed by atoms with Crippen molar-refractivity contribution in [2.75, 3.05) is 4.90 Å². The van der Waals surface area contributed by atoms with Crippen LogP contribution in [-0.4, -0.2) is 20.8 Å². The zero-order chi connectivity index (χ0) is 21.3. The Morgan fingerprint density at radius 3 is 2.40 bits per heavy atom. The Labute approximate surface area is 183 Å². The molecule has 1 aliphatic rings. The van der Waals surface area contributed by atoms with Crippen LogP contribution in [-0.2, 0) is 0 Å². The Morgan fingerprint density at radius 1 is 1.03 bits per heavy atom. The van der Waals surface area contributed by atoms with Crippen molar-refractivity contribution in [2.24, 2.45) is 0 Å². The van der Waals surface area contributed by atoms with Crippen molar-refractivity contribution >= 4 is 23.0 Å². The van der Waals surface area contributed by atoms with Crippen molar-refractivity contribution in [2.45, 2.75) is 51.9 Å². The number of thiocarbonyl (C=S) groups is 1. The lowest BCUT2D eigenvalue weighted by atomic mass is 9.98. The summed E-state index contributed by atoms with van der Waals surface area (Å²) in [7, 11) is 0. The third-order valence-corrected chi connectivity index (χ3v) is 5.57. The van der Waals surface area contributed by atoms with Crippen LogP contribution in [0.15, 0.2) is 67.1 Å². The normalized spacial score (nSPS) is 18.9. The Morgan fingerprint density at radius 2 is 1.80 bits per heavy atom. The van der Waals surface area contributed by atoms with E-state index in [2.05, 4.69) is 70.3 Å². The van der Waals surface area contributed by atoms with Crippen molar-refractivity contribution in [3.63, 3.8) is 0 Å². The quantitative estimate of drug-likeness (QED) is 0.539. The van der Waals surface area contributed by atoms with Gasteiger partial charge in [-0.2, -0.15) is 0 Å². The number of benzene rings is 1. The molecule has 0 saturated carbocycles. The molecule has 3 aromatic rings. The zero-order valence-electron chi connectivity index (χ0n) is 17.8. The summed E-state index contributed by atoms with van der Waals surface area (Å²) in [6.07, 6.45) is 6.32. The largest absolute Gasteiger partial charge is 0.491 e. The highest BCUT2D eigenvalue weighted by Crippen LogP contribution is 2.42. The first-order valence-corrected chi connectivity index (χ1v) is 10.8. The monoisotopic (exact) mass is 420 g/mol. The van der Waals surface area contributed by atoms with Crippen LogP contribution in [0.25, 0.3) is 0 Å². The summed E-state index contributed by atoms with van der Waals surface area (Å²) in [6, 6.07) is 16.7. The van der Waals surface area contributed by atoms with Crippen LogP contribution in [0.3, 0.4) is 0 Å². The average Bonchev–Trinajstić information content (AvgIpc) is 3.34. The van der Waals surface area contributed by atoms with Crippen molar-refractivity contribution in [3.05, 3.63) is 78.4 Å². The number of nitrogens with zero attached hydrogens (tertiary/aromatic N) is 3. The lowest BCUT2D eigenvalue weighted by molar-refractivity contribution is 0.242. The molecule has 1 fully saturated rings. The van der Waals surface area contributed by atoms with Gasteiger partial charge in [0.1, 0.15) is 5.75 Å². The third-order valence-electron chi connectivity index (χ3n) is 5.26. The number of anilines is 1. The molecule has 0 amide bonds. The van der Waals surface area contributed by atoms with Gasteiger partial charge in [-0.25, -0.2) is 0 Å². The van der Waals surface area contributed by atoms with Gasteiger partial charge in [0.15, 0.2) is 5.11 Å². The highest BCUT2D eigenvalue weighted by molar-refractivity contribution is 7.80. The fraction of sp³-hybridized carbons (Fsp3) is 0.333. The Bertz CT molecular complexity index is 998. The van der Waals surface area contributed by atoms with E-state index in [9.17, 15) is 0 Å². The maximum Gasteiger partial charge on any atom is 0.174 e. The molecule has 30 heavy (non-hydrogen) atoms. The zero-order valence-corrected chi connectivity index (χ0v) is 18.6. The van der Waals surface area contributed by atoms with Gasteiger partial charge in [0, 0.05) is 30.3 Å². The van der Waals surface area contributed by atoms with E-state index in [0.29, 0.717) is 11.2 Å². The van der Waals surface area contributed by atoms with Crippen LogP contribution in [0.5, 0.6) is 5.75 Å². The molecule has 0 bridgehead atoms. The second-order valence-corrected chi connectivity index (χ2v) is 8.53. The van der Waals surface area contributed by atoms with Gasteiger partial charge in [0.2, 0.25) is 0 Å². The van der Waals surface area contributed by atoms with E-state index in [4.69, 9.17) is 17.0 Å². The minimum atomic E-state index is -0.0340. The number of aromatic nitrogens is 2. The summed E-state index contributed by atoms with van der Waals surface area (Å²) in [4.78, 5) is 6.80. The molecule has 0 spiro atoms. The molecule has 1 aliphatic heterocycles. The van der Waals surface area contributed by atoms with Crippen LogP contribution in [0, 0.1) is 0 Å². The van der Waals surface area contributed by atoms with Crippen molar-refractivity contribution < 1.29 is 4.74 Å². The Hall–Kier alpha value is -2.86. The first kappa shape index (κ1) is 20.4. The van der Waals surface area contributed by atoms with Crippen molar-refractivity contribution in [1.82, 2.24) is 14.9 Å². The average molecular weight is 421 g/mol. The second-order valence-electron chi connectivity index (χ2n) is 8.14. The number of hydrogen-bond acceptors (Lipinski definition) is 3. The van der Waals surface area contributed by atoms with Gasteiger partial charge in [0.25, 0.3) is 0 Å². The summed E-state index contributed by atoms with van der Waals surface area (Å²) < 4.78 is 8.04. The lowest BCUT2D eigenvalue weighted by Gasteiger charge is -2.27. The van der Waals surface area contributed by atoms with E-state index < -0.39 is 0 Å². The first-order chi connectivity index (χ1) is 14.4. The van der Waals surface area contributed by atoms with E-state index in [-0.39, 0.29) is 18.2 Å². The summed E-state index contributed by atoms with van der Waals surface area (Å²) in [5, 5.41) is 4.21. The predicted octanol–water partition coefficient (Wildman–Crippen LogP) is 5.43. The molecule has 5 nitrogen and oxygen atoms in total. The number of pyridine rings is 1. The summed E-state index contributed by atoms with van der Waals surface area (Å²) >= 11 is 5.79. The Balaban J connectivity index is 1.74. The van der Waals surface area contributed by atoms with Gasteiger partial charge in [-0.05, 0) is 87.9 Å². The fourth-order valence-electron chi connectivity index (χ4n) is 3.86. The first-order valence-electron chi connectivity index (χ1n) is 10.4. The van der Waals surface area contributed by atoms with E-state index in [1.807, 2.05) is 44.3 Å². The molecule has 6 heteroatoms. The topological polar surface area (TPSA) is 42.3 Å². The second kappa shape index (κ2) is 8.48. The molecule has 0 aliphatic carbocycles. The molecule has 156 valence electrons. The molecular formula is C24H28N4OS. The van der Waals surface area contributed by atoms with Crippen molar-refractivity contribution in [3.8, 4) is 5.75 Å². The minimum absolute atomic E-state index is 0.00395. The minimum Gasteiger partial charge on any atom is -0.491 e. The van der Waals surface area contributed by atoms with E-state index in [1.165, 1.54) is 5.56 Å². The van der Waals surface area contributed by atoms with E-state index in [1.54, 1.807) is 0 Å².